The predicted molar refractivity (Wildman–Crippen MR) is 160 cm³/mol. The smallest absolute Gasteiger partial charge is 0.246 e. The van der Waals surface area contributed by atoms with Crippen LogP contribution < -0.4 is 10.1 Å². The van der Waals surface area contributed by atoms with Gasteiger partial charge in [-0.2, -0.15) is 0 Å². The molecule has 3 N–H and O–H groups in total. The van der Waals surface area contributed by atoms with Gasteiger partial charge in [0.05, 0.1) is 31.3 Å². The zero-order valence-corrected chi connectivity index (χ0v) is 24.0. The molecular weight excluding hydrogens is 540 g/mol. The first kappa shape index (κ1) is 28.6. The molecule has 4 aromatic rings. The number of nitrogens with zero attached hydrogens (tertiary/aromatic N) is 5. The molecule has 0 saturated carbocycles. The van der Waals surface area contributed by atoms with E-state index >= 15 is 0 Å². The first-order valence-corrected chi connectivity index (χ1v) is 14.4. The van der Waals surface area contributed by atoms with Crippen molar-refractivity contribution in [2.45, 2.75) is 26.8 Å². The van der Waals surface area contributed by atoms with Crippen molar-refractivity contribution in [2.75, 3.05) is 44.7 Å². The maximum Gasteiger partial charge on any atom is 0.246 e. The van der Waals surface area contributed by atoms with Crippen LogP contribution in [0.2, 0.25) is 0 Å². The van der Waals surface area contributed by atoms with E-state index in [4.69, 9.17) is 14.9 Å². The first-order chi connectivity index (χ1) is 19.9. The van der Waals surface area contributed by atoms with Gasteiger partial charge in [-0.15, -0.1) is 11.3 Å². The molecule has 0 spiro atoms. The summed E-state index contributed by atoms with van der Waals surface area (Å²) in [5.74, 6) is 2.14. The van der Waals surface area contributed by atoms with Gasteiger partial charge in [-0.25, -0.2) is 9.97 Å². The number of rotatable bonds is 11. The molecule has 0 atom stereocenters. The Labute approximate surface area is 243 Å². The molecule has 1 amide bonds. The zero-order chi connectivity index (χ0) is 28.8. The molecule has 1 aliphatic rings. The van der Waals surface area contributed by atoms with Crippen molar-refractivity contribution in [2.24, 2.45) is 0 Å². The molecule has 11 heteroatoms. The number of aromatic nitrogens is 3. The van der Waals surface area contributed by atoms with Crippen molar-refractivity contribution in [3.8, 4) is 11.5 Å². The number of aliphatic hydroxyl groups is 2. The molecule has 5 rings (SSSR count). The van der Waals surface area contributed by atoms with Crippen LogP contribution in [-0.2, 0) is 17.8 Å². The number of aliphatic hydroxyl groups excluding tert-OH is 2. The van der Waals surface area contributed by atoms with Gasteiger partial charge in [0.15, 0.2) is 0 Å². The summed E-state index contributed by atoms with van der Waals surface area (Å²) in [4.78, 5) is 32.0. The standard InChI is InChI=1S/C30H34N6O4S/c1-20-16-22(6-8-25(20)40-23-7-5-21(2)31-17-23)34-29-28-24-9-11-36(18-26(24)41-30(28)33-19-32-29)27(39)4-3-10-35(12-14-37)13-15-38/h3-8,16-17,19,37-38H,9-15,18H2,1-2H3,(H,32,33,34)/b4-3+. The molecule has 3 aromatic heterocycles. The summed E-state index contributed by atoms with van der Waals surface area (Å²) < 4.78 is 6.02. The van der Waals surface area contributed by atoms with E-state index in [2.05, 4.69) is 20.3 Å². The Morgan fingerprint density at radius 3 is 2.71 bits per heavy atom. The minimum Gasteiger partial charge on any atom is -0.455 e. The number of aryl methyl sites for hydroxylation is 2. The molecule has 0 fully saturated rings. The number of hydrogen-bond acceptors (Lipinski definition) is 10. The van der Waals surface area contributed by atoms with Gasteiger partial charge in [0, 0.05) is 48.5 Å². The zero-order valence-electron chi connectivity index (χ0n) is 23.2. The van der Waals surface area contributed by atoms with E-state index in [-0.39, 0.29) is 19.1 Å². The van der Waals surface area contributed by atoms with E-state index in [1.54, 1.807) is 36.0 Å². The second-order valence-corrected chi connectivity index (χ2v) is 11.0. The Morgan fingerprint density at radius 2 is 1.98 bits per heavy atom. The average molecular weight is 575 g/mol. The number of carbonyl (C=O) groups excluding carboxylic acids is 1. The van der Waals surface area contributed by atoms with Crippen LogP contribution >= 0.6 is 11.3 Å². The molecule has 1 aromatic carbocycles. The van der Waals surface area contributed by atoms with Crippen LogP contribution in [0.25, 0.3) is 10.2 Å². The number of pyridine rings is 1. The largest absolute Gasteiger partial charge is 0.455 e. The monoisotopic (exact) mass is 574 g/mol. The van der Waals surface area contributed by atoms with Gasteiger partial charge in [0.1, 0.15) is 28.5 Å². The minimum atomic E-state index is -0.0512. The van der Waals surface area contributed by atoms with E-state index in [1.807, 2.05) is 54.0 Å². The number of nitrogens with one attached hydrogen (secondary N) is 1. The van der Waals surface area contributed by atoms with Gasteiger partial charge in [-0.05, 0) is 61.7 Å². The van der Waals surface area contributed by atoms with Gasteiger partial charge >= 0.3 is 0 Å². The maximum absolute atomic E-state index is 12.9. The highest BCUT2D eigenvalue weighted by Gasteiger charge is 2.25. The first-order valence-electron chi connectivity index (χ1n) is 13.6. The van der Waals surface area contributed by atoms with E-state index < -0.39 is 0 Å². The van der Waals surface area contributed by atoms with Crippen molar-refractivity contribution >= 4 is 39.0 Å². The molecule has 10 nitrogen and oxygen atoms in total. The van der Waals surface area contributed by atoms with E-state index in [0.29, 0.717) is 44.9 Å². The minimum absolute atomic E-state index is 0.00757. The number of amides is 1. The lowest BCUT2D eigenvalue weighted by Gasteiger charge is -2.26. The maximum atomic E-state index is 12.9. The molecular formula is C30H34N6O4S. The second kappa shape index (κ2) is 13.2. The highest BCUT2D eigenvalue weighted by Crippen LogP contribution is 2.38. The van der Waals surface area contributed by atoms with E-state index in [0.717, 1.165) is 43.6 Å². The molecule has 214 valence electrons. The number of anilines is 2. The SMILES string of the molecule is Cc1ccc(Oc2ccc(Nc3ncnc4sc5c(c34)CCN(C(=O)/C=C/CN(CCO)CCO)C5)cc2C)cn1. The molecule has 0 radical (unpaired) electrons. The number of hydrogen-bond donors (Lipinski definition) is 3. The number of ether oxygens (including phenoxy) is 1. The summed E-state index contributed by atoms with van der Waals surface area (Å²) in [5.41, 5.74) is 3.99. The van der Waals surface area contributed by atoms with E-state index in [1.165, 1.54) is 5.56 Å². The summed E-state index contributed by atoms with van der Waals surface area (Å²) in [6.07, 6.45) is 7.37. The molecule has 1 aliphatic heterocycles. The van der Waals surface area contributed by atoms with Crippen molar-refractivity contribution < 1.29 is 19.7 Å². The number of thiophene rings is 1. The number of carbonyl (C=O) groups is 1. The summed E-state index contributed by atoms with van der Waals surface area (Å²) in [6.45, 7) is 6.48. The highest BCUT2D eigenvalue weighted by molar-refractivity contribution is 7.19. The van der Waals surface area contributed by atoms with Crippen molar-refractivity contribution in [1.29, 1.82) is 0 Å². The molecule has 0 aliphatic carbocycles. The number of benzene rings is 1. The molecule has 0 bridgehead atoms. The molecule has 0 unspecified atom stereocenters. The lowest BCUT2D eigenvalue weighted by atomic mass is 10.0. The van der Waals surface area contributed by atoms with Gasteiger partial charge in [0.25, 0.3) is 0 Å². The van der Waals surface area contributed by atoms with Crippen LogP contribution in [0.1, 0.15) is 21.7 Å². The Hall–Kier alpha value is -3.90. The fourth-order valence-corrected chi connectivity index (χ4v) is 6.02. The Kier molecular flexibility index (Phi) is 9.20. The molecule has 41 heavy (non-hydrogen) atoms. The molecule has 0 saturated heterocycles. The second-order valence-electron chi connectivity index (χ2n) is 9.91. The van der Waals surface area contributed by atoms with Crippen LogP contribution in [0.5, 0.6) is 11.5 Å². The Bertz CT molecular complexity index is 1530. The van der Waals surface area contributed by atoms with Gasteiger partial charge in [-0.3, -0.25) is 14.7 Å². The van der Waals surface area contributed by atoms with Crippen LogP contribution in [0.4, 0.5) is 11.5 Å². The summed E-state index contributed by atoms with van der Waals surface area (Å²) in [5, 5.41) is 22.8. The van der Waals surface area contributed by atoms with Gasteiger partial charge in [0.2, 0.25) is 5.91 Å². The third-order valence-electron chi connectivity index (χ3n) is 6.95. The van der Waals surface area contributed by atoms with Gasteiger partial charge < -0.3 is 25.2 Å². The lowest BCUT2D eigenvalue weighted by molar-refractivity contribution is -0.126. The fourth-order valence-electron chi connectivity index (χ4n) is 4.82. The van der Waals surface area contributed by atoms with E-state index in [9.17, 15) is 4.79 Å². The molecule has 4 heterocycles. The number of fused-ring (bicyclic) bond motifs is 3. The van der Waals surface area contributed by atoms with Crippen LogP contribution in [0, 0.1) is 13.8 Å². The van der Waals surface area contributed by atoms with Crippen molar-refractivity contribution in [1.82, 2.24) is 24.8 Å². The van der Waals surface area contributed by atoms with Gasteiger partial charge in [-0.1, -0.05) is 6.08 Å². The summed E-state index contributed by atoms with van der Waals surface area (Å²) >= 11 is 1.60. The Balaban J connectivity index is 1.28. The van der Waals surface area contributed by atoms with Crippen molar-refractivity contribution in [3.63, 3.8) is 0 Å². The van der Waals surface area contributed by atoms with Crippen molar-refractivity contribution in [3.05, 3.63) is 76.7 Å². The predicted octanol–water partition coefficient (Wildman–Crippen LogP) is 3.97. The quantitative estimate of drug-likeness (QED) is 0.228. The third-order valence-corrected chi connectivity index (χ3v) is 8.08. The normalized spacial score (nSPS) is 13.2. The summed E-state index contributed by atoms with van der Waals surface area (Å²) in [6, 6.07) is 9.75. The lowest BCUT2D eigenvalue weighted by Crippen LogP contribution is -2.34. The van der Waals surface area contributed by atoms with Crippen LogP contribution in [0.3, 0.4) is 0 Å². The topological polar surface area (TPSA) is 124 Å². The van der Waals surface area contributed by atoms with Crippen LogP contribution in [0.15, 0.2) is 55.0 Å². The average Bonchev–Trinajstić information content (AvgIpc) is 3.34. The third kappa shape index (κ3) is 6.88. The summed E-state index contributed by atoms with van der Waals surface area (Å²) in [7, 11) is 0. The van der Waals surface area contributed by atoms with Crippen LogP contribution in [-0.4, -0.2) is 80.3 Å². The fraction of sp³-hybridized carbons (Fsp3) is 0.333. The Morgan fingerprint density at radius 1 is 1.15 bits per heavy atom. The highest BCUT2D eigenvalue weighted by atomic mass is 32.1.